The number of nitrogens with one attached hydrogen (secondary N) is 1. The van der Waals surface area contributed by atoms with Crippen LogP contribution in [0.4, 0.5) is 0 Å². The molecule has 1 aromatic heterocycles. The summed E-state index contributed by atoms with van der Waals surface area (Å²) in [6.45, 7) is 7.60. The smallest absolute Gasteiger partial charge is 0.337 e. The molecule has 1 atom stereocenters. The lowest BCUT2D eigenvalue weighted by molar-refractivity contribution is -0.143. The molecule has 0 aliphatic carbocycles. The fraction of sp³-hybridized carbons (Fsp3) is 0.586. The van der Waals surface area contributed by atoms with E-state index in [4.69, 9.17) is 18.3 Å². The monoisotopic (exact) mass is 591 g/mol. The molecule has 12 heteroatoms. The standard InChI is InChI=1S/C29H41N3O8S/c1-19(2)39-29(34)25-21(4)30-20(3)24(26(25)22-15-14-16-23-27(22)32-40-31-23)28(33)37-17-12-10-8-6-7-9-11-13-18-38-41(5,35)36/h14-16,19,26,30H,6-13,17-18H2,1-5H3/t26-/m1/s1. The van der Waals surface area contributed by atoms with E-state index in [2.05, 4.69) is 15.6 Å². The van der Waals surface area contributed by atoms with E-state index >= 15 is 0 Å². The van der Waals surface area contributed by atoms with E-state index in [0.29, 0.717) is 39.1 Å². The number of rotatable bonds is 16. The number of unbranched alkanes of at least 4 members (excludes halogenated alkanes) is 7. The van der Waals surface area contributed by atoms with Crippen molar-refractivity contribution in [2.24, 2.45) is 0 Å². The highest BCUT2D eigenvalue weighted by Gasteiger charge is 2.39. The third-order valence-electron chi connectivity index (χ3n) is 6.74. The van der Waals surface area contributed by atoms with E-state index in [1.54, 1.807) is 45.9 Å². The Labute approximate surface area is 241 Å². The van der Waals surface area contributed by atoms with Crippen molar-refractivity contribution in [3.63, 3.8) is 0 Å². The zero-order valence-corrected chi connectivity index (χ0v) is 25.3. The minimum Gasteiger partial charge on any atom is -0.462 e. The second kappa shape index (κ2) is 15.1. The first kappa shape index (κ1) is 32.3. The lowest BCUT2D eigenvalue weighted by Crippen LogP contribution is -2.33. The quantitative estimate of drug-likeness (QED) is 0.159. The number of esters is 2. The van der Waals surface area contributed by atoms with E-state index in [1.807, 2.05) is 0 Å². The van der Waals surface area contributed by atoms with E-state index in [9.17, 15) is 18.0 Å². The molecule has 1 aliphatic heterocycles. The van der Waals surface area contributed by atoms with E-state index in [-0.39, 0.29) is 19.3 Å². The van der Waals surface area contributed by atoms with Crippen LogP contribution in [-0.4, -0.2) is 56.2 Å². The molecule has 3 rings (SSSR count). The molecular formula is C29H41N3O8S. The van der Waals surface area contributed by atoms with E-state index < -0.39 is 28.0 Å². The number of fused-ring (bicyclic) bond motifs is 1. The van der Waals surface area contributed by atoms with E-state index in [1.165, 1.54) is 0 Å². The summed E-state index contributed by atoms with van der Waals surface area (Å²) in [7, 11) is -3.36. The van der Waals surface area contributed by atoms with Crippen LogP contribution in [0.2, 0.25) is 0 Å². The van der Waals surface area contributed by atoms with Gasteiger partial charge in [0.25, 0.3) is 10.1 Å². The van der Waals surface area contributed by atoms with Gasteiger partial charge in [0.15, 0.2) is 0 Å². The predicted molar refractivity (Wildman–Crippen MR) is 153 cm³/mol. The Morgan fingerprint density at radius 3 is 2.10 bits per heavy atom. The van der Waals surface area contributed by atoms with Crippen molar-refractivity contribution in [2.75, 3.05) is 19.5 Å². The number of benzene rings is 1. The summed E-state index contributed by atoms with van der Waals surface area (Å²) in [5.41, 5.74) is 3.40. The van der Waals surface area contributed by atoms with Crippen LogP contribution in [0.3, 0.4) is 0 Å². The largest absolute Gasteiger partial charge is 0.462 e. The molecule has 0 amide bonds. The zero-order valence-electron chi connectivity index (χ0n) is 24.5. The number of hydrogen-bond acceptors (Lipinski definition) is 11. The van der Waals surface area contributed by atoms with Gasteiger partial charge in [-0.3, -0.25) is 4.18 Å². The Bertz CT molecular complexity index is 1380. The Kier molecular flexibility index (Phi) is 11.9. The van der Waals surface area contributed by atoms with Crippen LogP contribution in [0.15, 0.2) is 45.4 Å². The van der Waals surface area contributed by atoms with Crippen LogP contribution >= 0.6 is 0 Å². The number of nitrogens with zero attached hydrogens (tertiary/aromatic N) is 2. The fourth-order valence-corrected chi connectivity index (χ4v) is 5.32. The average Bonchev–Trinajstić information content (AvgIpc) is 3.37. The lowest BCUT2D eigenvalue weighted by atomic mass is 9.80. The summed E-state index contributed by atoms with van der Waals surface area (Å²) >= 11 is 0. The van der Waals surface area contributed by atoms with Crippen LogP contribution in [0, 0.1) is 0 Å². The maximum Gasteiger partial charge on any atom is 0.337 e. The molecule has 2 aromatic rings. The predicted octanol–water partition coefficient (Wildman–Crippen LogP) is 5.05. The first-order valence-electron chi connectivity index (χ1n) is 14.1. The van der Waals surface area contributed by atoms with Gasteiger partial charge in [-0.1, -0.05) is 50.7 Å². The highest BCUT2D eigenvalue weighted by Crippen LogP contribution is 2.41. The summed E-state index contributed by atoms with van der Waals surface area (Å²) in [4.78, 5) is 26.7. The van der Waals surface area contributed by atoms with Crippen LogP contribution in [0.1, 0.15) is 90.5 Å². The second-order valence-corrected chi connectivity index (χ2v) is 12.2. The topological polar surface area (TPSA) is 147 Å². The highest BCUT2D eigenvalue weighted by molar-refractivity contribution is 7.85. The van der Waals surface area contributed by atoms with E-state index in [0.717, 1.165) is 57.6 Å². The summed E-state index contributed by atoms with van der Waals surface area (Å²) in [5, 5.41) is 11.1. The number of allylic oxidation sites excluding steroid dienone is 2. The number of aromatic nitrogens is 2. The molecule has 1 aliphatic rings. The molecule has 0 spiro atoms. The van der Waals surface area contributed by atoms with Gasteiger partial charge in [0.05, 0.1) is 42.6 Å². The van der Waals surface area contributed by atoms with Gasteiger partial charge in [-0.25, -0.2) is 14.2 Å². The Hall–Kier alpha value is -3.25. The average molecular weight is 592 g/mol. The molecule has 1 N–H and O–H groups in total. The van der Waals surface area contributed by atoms with Gasteiger partial charge in [0.1, 0.15) is 11.0 Å². The molecule has 11 nitrogen and oxygen atoms in total. The summed E-state index contributed by atoms with van der Waals surface area (Å²) in [5.74, 6) is -1.80. The fourth-order valence-electron chi connectivity index (χ4n) is 4.90. The molecule has 1 aromatic carbocycles. The second-order valence-electron chi connectivity index (χ2n) is 10.6. The van der Waals surface area contributed by atoms with Crippen molar-refractivity contribution >= 4 is 33.1 Å². The van der Waals surface area contributed by atoms with Crippen molar-refractivity contribution in [1.29, 1.82) is 0 Å². The maximum absolute atomic E-state index is 13.5. The van der Waals surface area contributed by atoms with Crippen molar-refractivity contribution in [1.82, 2.24) is 15.6 Å². The molecule has 0 radical (unpaired) electrons. The van der Waals surface area contributed by atoms with Gasteiger partial charge in [-0.05, 0) is 62.5 Å². The van der Waals surface area contributed by atoms with Crippen LogP contribution in [0.25, 0.3) is 11.0 Å². The van der Waals surface area contributed by atoms with Gasteiger partial charge in [-0.15, -0.1) is 0 Å². The maximum atomic E-state index is 13.5. The minimum atomic E-state index is -3.36. The molecule has 41 heavy (non-hydrogen) atoms. The lowest BCUT2D eigenvalue weighted by Gasteiger charge is -2.30. The van der Waals surface area contributed by atoms with Gasteiger partial charge < -0.3 is 14.8 Å². The van der Waals surface area contributed by atoms with Gasteiger partial charge in [0.2, 0.25) is 0 Å². The van der Waals surface area contributed by atoms with Gasteiger partial charge in [0, 0.05) is 11.4 Å². The van der Waals surface area contributed by atoms with Gasteiger partial charge >= 0.3 is 11.9 Å². The van der Waals surface area contributed by atoms with Crippen molar-refractivity contribution < 1.29 is 36.3 Å². The molecule has 226 valence electrons. The minimum absolute atomic E-state index is 0.233. The number of carbonyl (C=O) groups is 2. The van der Waals surface area contributed by atoms with Gasteiger partial charge in [-0.2, -0.15) is 8.42 Å². The molecule has 0 saturated heterocycles. The Morgan fingerprint density at radius 2 is 1.49 bits per heavy atom. The number of dihydropyridines is 1. The third kappa shape index (κ3) is 9.39. The molecule has 0 fully saturated rings. The first-order chi connectivity index (χ1) is 19.5. The Balaban J connectivity index is 1.59. The van der Waals surface area contributed by atoms with Crippen molar-refractivity contribution in [3.05, 3.63) is 46.3 Å². The molecular weight excluding hydrogens is 550 g/mol. The number of ether oxygens (including phenoxy) is 2. The number of hydrogen-bond donors (Lipinski definition) is 1. The molecule has 2 heterocycles. The van der Waals surface area contributed by atoms with Crippen molar-refractivity contribution in [2.45, 2.75) is 91.1 Å². The SMILES string of the molecule is CC1=C(C(=O)OCCCCCCCCCCOS(C)(=O)=O)[C@@H](c2cccc3nonc23)C(C(=O)OC(C)C)=C(C)N1. The number of carbonyl (C=O) groups excluding carboxylic acids is 2. The molecule has 0 unspecified atom stereocenters. The third-order valence-corrected chi connectivity index (χ3v) is 7.34. The zero-order chi connectivity index (χ0) is 30.0. The summed E-state index contributed by atoms with van der Waals surface area (Å²) in [6, 6.07) is 5.34. The highest BCUT2D eigenvalue weighted by atomic mass is 32.2. The summed E-state index contributed by atoms with van der Waals surface area (Å²) in [6.07, 6.45) is 8.14. The Morgan fingerprint density at radius 1 is 0.902 bits per heavy atom. The first-order valence-corrected chi connectivity index (χ1v) is 15.9. The van der Waals surface area contributed by atoms with Crippen LogP contribution in [-0.2, 0) is 33.4 Å². The molecule has 0 bridgehead atoms. The van der Waals surface area contributed by atoms with Crippen molar-refractivity contribution in [3.8, 4) is 0 Å². The van der Waals surface area contributed by atoms with Crippen LogP contribution in [0.5, 0.6) is 0 Å². The summed E-state index contributed by atoms with van der Waals surface area (Å²) < 4.78 is 42.9. The molecule has 0 saturated carbocycles. The van der Waals surface area contributed by atoms with Crippen LogP contribution < -0.4 is 5.32 Å². The normalized spacial score (nSPS) is 15.9.